The van der Waals surface area contributed by atoms with Crippen LogP contribution in [0.4, 0.5) is 5.82 Å². The van der Waals surface area contributed by atoms with Crippen LogP contribution >= 0.6 is 0 Å². The quantitative estimate of drug-likeness (QED) is 0.881. The van der Waals surface area contributed by atoms with Crippen LogP contribution < -0.4 is 10.1 Å². The molecular weight excluding hydrogens is 268 g/mol. The number of nitrogens with zero attached hydrogens (tertiary/aromatic N) is 2. The van der Waals surface area contributed by atoms with Crippen LogP contribution in [0, 0.1) is 11.3 Å². The van der Waals surface area contributed by atoms with Crippen molar-refractivity contribution >= 4 is 11.7 Å². The molecule has 2 N–H and O–H groups in total. The lowest BCUT2D eigenvalue weighted by atomic mass is 10.2. The van der Waals surface area contributed by atoms with E-state index in [9.17, 15) is 4.79 Å². The number of aryl methyl sites for hydroxylation is 1. The molecule has 0 aliphatic carbocycles. The summed E-state index contributed by atoms with van der Waals surface area (Å²) in [6, 6.07) is 10.6. The Kier molecular flexibility index (Phi) is 4.57. The van der Waals surface area contributed by atoms with E-state index in [0.29, 0.717) is 17.1 Å². The van der Waals surface area contributed by atoms with E-state index in [4.69, 9.17) is 10.00 Å². The number of para-hydroxylation sites is 1. The highest BCUT2D eigenvalue weighted by atomic mass is 16.5. The maximum atomic E-state index is 12.0. The molecule has 0 saturated carbocycles. The number of H-pyrrole nitrogens is 1. The number of rotatable bonds is 5. The van der Waals surface area contributed by atoms with E-state index in [2.05, 4.69) is 15.5 Å². The number of nitrogens with one attached hydrogen (secondary N) is 2. The standard InChI is InChI=1S/C15H16N4O2/c1-3-12-8-14(19-18-12)17-15(20)10(2)21-13-7-5-4-6-11(13)9-16/h4-8,10H,3H2,1-2H3,(H2,17,18,19,20). The molecule has 2 aromatic rings. The molecule has 1 aromatic heterocycles. The highest BCUT2D eigenvalue weighted by Gasteiger charge is 2.17. The number of anilines is 1. The van der Waals surface area contributed by atoms with Gasteiger partial charge in [0.15, 0.2) is 11.9 Å². The number of amides is 1. The fraction of sp³-hybridized carbons (Fsp3) is 0.267. The van der Waals surface area contributed by atoms with Crippen molar-refractivity contribution in [1.29, 1.82) is 5.26 Å². The molecule has 1 heterocycles. The Morgan fingerprint density at radius 3 is 2.95 bits per heavy atom. The van der Waals surface area contributed by atoms with Crippen molar-refractivity contribution < 1.29 is 9.53 Å². The van der Waals surface area contributed by atoms with Gasteiger partial charge in [-0.2, -0.15) is 10.4 Å². The van der Waals surface area contributed by atoms with Crippen LogP contribution in [-0.4, -0.2) is 22.2 Å². The third-order valence-electron chi connectivity index (χ3n) is 2.94. The van der Waals surface area contributed by atoms with E-state index < -0.39 is 6.10 Å². The molecule has 1 atom stereocenters. The van der Waals surface area contributed by atoms with Gasteiger partial charge in [0.25, 0.3) is 5.91 Å². The van der Waals surface area contributed by atoms with Gasteiger partial charge in [-0.15, -0.1) is 0 Å². The Bertz CT molecular complexity index is 672. The first-order valence-electron chi connectivity index (χ1n) is 6.65. The largest absolute Gasteiger partial charge is 0.480 e. The maximum absolute atomic E-state index is 12.0. The lowest BCUT2D eigenvalue weighted by Crippen LogP contribution is -2.30. The van der Waals surface area contributed by atoms with Crippen LogP contribution in [0.1, 0.15) is 25.1 Å². The second-order valence-corrected chi connectivity index (χ2v) is 4.49. The number of benzene rings is 1. The SMILES string of the molecule is CCc1cc(NC(=O)C(C)Oc2ccccc2C#N)n[nH]1. The van der Waals surface area contributed by atoms with Gasteiger partial charge in [0.2, 0.25) is 0 Å². The van der Waals surface area contributed by atoms with Gasteiger partial charge < -0.3 is 10.1 Å². The Balaban J connectivity index is 2.01. The average Bonchev–Trinajstić information content (AvgIpc) is 2.95. The summed E-state index contributed by atoms with van der Waals surface area (Å²) in [6.45, 7) is 3.61. The van der Waals surface area contributed by atoms with E-state index >= 15 is 0 Å². The fourth-order valence-electron chi connectivity index (χ4n) is 1.74. The molecule has 0 spiro atoms. The second-order valence-electron chi connectivity index (χ2n) is 4.49. The summed E-state index contributed by atoms with van der Waals surface area (Å²) >= 11 is 0. The smallest absolute Gasteiger partial charge is 0.266 e. The third kappa shape index (κ3) is 3.60. The number of carbonyl (C=O) groups is 1. The summed E-state index contributed by atoms with van der Waals surface area (Å²) in [5, 5.41) is 18.5. The van der Waals surface area contributed by atoms with Gasteiger partial charge in [0.1, 0.15) is 11.8 Å². The number of hydrogen-bond donors (Lipinski definition) is 2. The van der Waals surface area contributed by atoms with Crippen LogP contribution in [-0.2, 0) is 11.2 Å². The molecule has 0 saturated heterocycles. The molecule has 1 unspecified atom stereocenters. The molecule has 108 valence electrons. The normalized spacial score (nSPS) is 11.5. The van der Waals surface area contributed by atoms with Crippen molar-refractivity contribution in [1.82, 2.24) is 10.2 Å². The van der Waals surface area contributed by atoms with Crippen molar-refractivity contribution in [2.75, 3.05) is 5.32 Å². The molecule has 0 radical (unpaired) electrons. The molecule has 2 rings (SSSR count). The van der Waals surface area contributed by atoms with Crippen molar-refractivity contribution in [3.05, 3.63) is 41.6 Å². The summed E-state index contributed by atoms with van der Waals surface area (Å²) in [5.74, 6) is 0.525. The first-order valence-corrected chi connectivity index (χ1v) is 6.65. The number of carbonyl (C=O) groups excluding carboxylic acids is 1. The van der Waals surface area contributed by atoms with Crippen molar-refractivity contribution in [2.24, 2.45) is 0 Å². The van der Waals surface area contributed by atoms with E-state index in [1.165, 1.54) is 0 Å². The minimum Gasteiger partial charge on any atom is -0.480 e. The van der Waals surface area contributed by atoms with E-state index in [1.807, 2.05) is 13.0 Å². The number of nitriles is 1. The summed E-state index contributed by atoms with van der Waals surface area (Å²) in [7, 11) is 0. The maximum Gasteiger partial charge on any atom is 0.266 e. The summed E-state index contributed by atoms with van der Waals surface area (Å²) in [6.07, 6.45) is 0.0751. The minimum atomic E-state index is -0.735. The second kappa shape index (κ2) is 6.57. The molecule has 21 heavy (non-hydrogen) atoms. The molecular formula is C15H16N4O2. The number of aromatic nitrogens is 2. The monoisotopic (exact) mass is 284 g/mol. The zero-order valence-corrected chi connectivity index (χ0v) is 11.9. The van der Waals surface area contributed by atoms with Crippen molar-refractivity contribution in [2.45, 2.75) is 26.4 Å². The highest BCUT2D eigenvalue weighted by Crippen LogP contribution is 2.18. The Hall–Kier alpha value is -2.81. The van der Waals surface area contributed by atoms with Gasteiger partial charge in [0.05, 0.1) is 5.56 Å². The summed E-state index contributed by atoms with van der Waals surface area (Å²) in [4.78, 5) is 12.0. The number of hydrogen-bond acceptors (Lipinski definition) is 4. The molecule has 6 heteroatoms. The van der Waals surface area contributed by atoms with Gasteiger partial charge in [-0.25, -0.2) is 0 Å². The first kappa shape index (κ1) is 14.6. The van der Waals surface area contributed by atoms with Crippen LogP contribution in [0.5, 0.6) is 5.75 Å². The zero-order valence-electron chi connectivity index (χ0n) is 11.9. The van der Waals surface area contributed by atoms with Gasteiger partial charge in [-0.05, 0) is 25.5 Å². The fourth-order valence-corrected chi connectivity index (χ4v) is 1.74. The van der Waals surface area contributed by atoms with Crippen molar-refractivity contribution in [3.63, 3.8) is 0 Å². The zero-order chi connectivity index (χ0) is 15.2. The lowest BCUT2D eigenvalue weighted by molar-refractivity contribution is -0.122. The highest BCUT2D eigenvalue weighted by molar-refractivity contribution is 5.93. The van der Waals surface area contributed by atoms with Crippen LogP contribution in [0.25, 0.3) is 0 Å². The summed E-state index contributed by atoms with van der Waals surface area (Å²) in [5.41, 5.74) is 1.33. The van der Waals surface area contributed by atoms with Crippen LogP contribution in [0.2, 0.25) is 0 Å². The summed E-state index contributed by atoms with van der Waals surface area (Å²) < 4.78 is 5.53. The topological polar surface area (TPSA) is 90.8 Å². The Morgan fingerprint density at radius 2 is 2.29 bits per heavy atom. The molecule has 0 fully saturated rings. The average molecular weight is 284 g/mol. The van der Waals surface area contributed by atoms with Gasteiger partial charge in [0, 0.05) is 11.8 Å². The van der Waals surface area contributed by atoms with E-state index in [0.717, 1.165) is 12.1 Å². The third-order valence-corrected chi connectivity index (χ3v) is 2.94. The minimum absolute atomic E-state index is 0.322. The van der Waals surface area contributed by atoms with Crippen LogP contribution in [0.3, 0.4) is 0 Å². The Morgan fingerprint density at radius 1 is 1.52 bits per heavy atom. The Labute approximate surface area is 122 Å². The lowest BCUT2D eigenvalue weighted by Gasteiger charge is -2.14. The predicted octanol–water partition coefficient (Wildman–Crippen LogP) is 2.25. The van der Waals surface area contributed by atoms with Gasteiger partial charge in [-0.1, -0.05) is 19.1 Å². The van der Waals surface area contributed by atoms with Crippen LogP contribution in [0.15, 0.2) is 30.3 Å². The molecule has 6 nitrogen and oxygen atoms in total. The predicted molar refractivity (Wildman–Crippen MR) is 77.8 cm³/mol. The van der Waals surface area contributed by atoms with E-state index in [1.54, 1.807) is 37.3 Å². The molecule has 1 aromatic carbocycles. The van der Waals surface area contributed by atoms with Gasteiger partial charge >= 0.3 is 0 Å². The number of ether oxygens (including phenoxy) is 1. The first-order chi connectivity index (χ1) is 10.1. The van der Waals surface area contributed by atoms with Crippen molar-refractivity contribution in [3.8, 4) is 11.8 Å². The molecule has 0 bridgehead atoms. The van der Waals surface area contributed by atoms with Gasteiger partial charge in [-0.3, -0.25) is 9.89 Å². The van der Waals surface area contributed by atoms with E-state index in [-0.39, 0.29) is 5.91 Å². The molecule has 0 aliphatic rings. The number of aromatic amines is 1. The molecule has 0 aliphatic heterocycles. The molecule has 1 amide bonds.